The van der Waals surface area contributed by atoms with E-state index in [2.05, 4.69) is 0 Å². The number of carbonyl (C=O) groups is 1. The maximum Gasteiger partial charge on any atom is 0.320 e. The number of aliphatic carboxylic acids is 1. The molecule has 5 nitrogen and oxygen atoms in total. The normalized spacial score (nSPS) is 13.2. The fourth-order valence-corrected chi connectivity index (χ4v) is 0.960. The van der Waals surface area contributed by atoms with Crippen LogP contribution in [0.25, 0.3) is 0 Å². The fraction of sp³-hybridized carbons (Fsp3) is 0.875. The summed E-state index contributed by atoms with van der Waals surface area (Å²) in [5, 5.41) is 8.47. The quantitative estimate of drug-likeness (QED) is 0.561. The number of carboxylic acids is 1. The average Bonchev–Trinajstić information content (AvgIpc) is 2.12. The van der Waals surface area contributed by atoms with Gasteiger partial charge in [0.05, 0.1) is 0 Å². The Morgan fingerprint density at radius 2 is 1.92 bits per heavy atom. The molecule has 0 aliphatic heterocycles. The van der Waals surface area contributed by atoms with E-state index in [4.69, 9.17) is 20.3 Å². The molecule has 0 saturated heterocycles. The first-order chi connectivity index (χ1) is 6.11. The third-order valence-corrected chi connectivity index (χ3v) is 1.80. The van der Waals surface area contributed by atoms with Gasteiger partial charge in [0, 0.05) is 14.2 Å². The number of nitrogens with two attached hydrogens (primary N) is 1. The number of methoxy groups -OCH3 is 2. The van der Waals surface area contributed by atoms with E-state index in [0.717, 1.165) is 0 Å². The Bertz CT molecular complexity index is 147. The molecule has 1 atom stereocenters. The van der Waals surface area contributed by atoms with E-state index in [1.54, 1.807) is 14.2 Å². The van der Waals surface area contributed by atoms with Crippen molar-refractivity contribution in [3.63, 3.8) is 0 Å². The zero-order chi connectivity index (χ0) is 10.3. The smallest absolute Gasteiger partial charge is 0.320 e. The Labute approximate surface area is 77.8 Å². The first-order valence-corrected chi connectivity index (χ1v) is 4.15. The van der Waals surface area contributed by atoms with Gasteiger partial charge in [0.15, 0.2) is 6.29 Å². The Hall–Kier alpha value is -0.650. The number of hydrogen-bond donors (Lipinski definition) is 2. The molecule has 0 unspecified atom stereocenters. The van der Waals surface area contributed by atoms with E-state index in [0.29, 0.717) is 19.3 Å². The molecule has 0 amide bonds. The summed E-state index contributed by atoms with van der Waals surface area (Å²) < 4.78 is 9.86. The van der Waals surface area contributed by atoms with Gasteiger partial charge in [0.1, 0.15) is 6.04 Å². The third-order valence-electron chi connectivity index (χ3n) is 1.80. The summed E-state index contributed by atoms with van der Waals surface area (Å²) in [6.45, 7) is 0. The SMILES string of the molecule is COC(CCC[C@H](N)C(=O)O)OC. The maximum absolute atomic E-state index is 10.3. The topological polar surface area (TPSA) is 81.8 Å². The zero-order valence-corrected chi connectivity index (χ0v) is 8.03. The van der Waals surface area contributed by atoms with Gasteiger partial charge in [-0.3, -0.25) is 4.79 Å². The molecule has 0 aliphatic rings. The second-order valence-electron chi connectivity index (χ2n) is 2.78. The third kappa shape index (κ3) is 5.57. The fourth-order valence-electron chi connectivity index (χ4n) is 0.960. The van der Waals surface area contributed by atoms with Crippen LogP contribution >= 0.6 is 0 Å². The molecular formula is C8H17NO4. The maximum atomic E-state index is 10.3. The van der Waals surface area contributed by atoms with Crippen LogP contribution in [0.1, 0.15) is 19.3 Å². The molecule has 0 aliphatic carbocycles. The van der Waals surface area contributed by atoms with Crippen molar-refractivity contribution < 1.29 is 19.4 Å². The molecule has 0 bridgehead atoms. The first kappa shape index (κ1) is 12.3. The Balaban J connectivity index is 3.48. The van der Waals surface area contributed by atoms with Gasteiger partial charge in [-0.1, -0.05) is 0 Å². The van der Waals surface area contributed by atoms with Gasteiger partial charge in [-0.15, -0.1) is 0 Å². The number of rotatable bonds is 7. The predicted molar refractivity (Wildman–Crippen MR) is 47.3 cm³/mol. The van der Waals surface area contributed by atoms with Gasteiger partial charge in [0.2, 0.25) is 0 Å². The van der Waals surface area contributed by atoms with Gasteiger partial charge in [-0.2, -0.15) is 0 Å². The molecular weight excluding hydrogens is 174 g/mol. The summed E-state index contributed by atoms with van der Waals surface area (Å²) in [6.07, 6.45) is 1.52. The van der Waals surface area contributed by atoms with Crippen LogP contribution in [0.2, 0.25) is 0 Å². The first-order valence-electron chi connectivity index (χ1n) is 4.15. The van der Waals surface area contributed by atoms with E-state index in [-0.39, 0.29) is 6.29 Å². The van der Waals surface area contributed by atoms with Crippen molar-refractivity contribution in [1.82, 2.24) is 0 Å². The largest absolute Gasteiger partial charge is 0.480 e. The van der Waals surface area contributed by atoms with Crippen molar-refractivity contribution in [2.45, 2.75) is 31.6 Å². The summed E-state index contributed by atoms with van der Waals surface area (Å²) >= 11 is 0. The van der Waals surface area contributed by atoms with Gasteiger partial charge in [0.25, 0.3) is 0 Å². The van der Waals surface area contributed by atoms with Crippen molar-refractivity contribution >= 4 is 5.97 Å². The van der Waals surface area contributed by atoms with Crippen LogP contribution in [0.5, 0.6) is 0 Å². The molecule has 0 aromatic rings. The highest BCUT2D eigenvalue weighted by molar-refractivity contribution is 5.72. The van der Waals surface area contributed by atoms with Gasteiger partial charge in [-0.05, 0) is 19.3 Å². The predicted octanol–water partition coefficient (Wildman–Crippen LogP) is 0.188. The summed E-state index contributed by atoms with van der Waals surface area (Å²) in [5.74, 6) is -0.966. The number of hydrogen-bond acceptors (Lipinski definition) is 4. The lowest BCUT2D eigenvalue weighted by molar-refractivity contribution is -0.139. The average molecular weight is 191 g/mol. The highest BCUT2D eigenvalue weighted by Crippen LogP contribution is 2.06. The second-order valence-corrected chi connectivity index (χ2v) is 2.78. The van der Waals surface area contributed by atoms with E-state index >= 15 is 0 Å². The molecule has 78 valence electrons. The monoisotopic (exact) mass is 191 g/mol. The summed E-state index contributed by atoms with van der Waals surface area (Å²) in [7, 11) is 3.09. The van der Waals surface area contributed by atoms with E-state index in [1.165, 1.54) is 0 Å². The van der Waals surface area contributed by atoms with Crippen LogP contribution in [-0.2, 0) is 14.3 Å². The summed E-state index contributed by atoms with van der Waals surface area (Å²) in [5.41, 5.74) is 5.30. The van der Waals surface area contributed by atoms with E-state index in [9.17, 15) is 4.79 Å². The van der Waals surface area contributed by atoms with Crippen molar-refractivity contribution in [2.75, 3.05) is 14.2 Å². The van der Waals surface area contributed by atoms with E-state index < -0.39 is 12.0 Å². The molecule has 0 radical (unpaired) electrons. The summed E-state index contributed by atoms with van der Waals surface area (Å²) in [4.78, 5) is 10.3. The Morgan fingerprint density at radius 1 is 1.38 bits per heavy atom. The highest BCUT2D eigenvalue weighted by Gasteiger charge is 2.12. The van der Waals surface area contributed by atoms with Crippen molar-refractivity contribution in [3.05, 3.63) is 0 Å². The van der Waals surface area contributed by atoms with Crippen LogP contribution < -0.4 is 5.73 Å². The lowest BCUT2D eigenvalue weighted by Crippen LogP contribution is -2.30. The molecule has 0 saturated carbocycles. The highest BCUT2D eigenvalue weighted by atomic mass is 16.7. The van der Waals surface area contributed by atoms with Crippen LogP contribution in [0.3, 0.4) is 0 Å². The molecule has 0 rings (SSSR count). The molecule has 5 heteroatoms. The molecule has 0 fully saturated rings. The summed E-state index contributed by atoms with van der Waals surface area (Å²) in [6, 6.07) is -0.783. The Morgan fingerprint density at radius 3 is 2.31 bits per heavy atom. The lowest BCUT2D eigenvalue weighted by Gasteiger charge is -2.13. The van der Waals surface area contributed by atoms with Crippen molar-refractivity contribution in [1.29, 1.82) is 0 Å². The number of ether oxygens (including phenoxy) is 2. The Kier molecular flexibility index (Phi) is 6.48. The van der Waals surface area contributed by atoms with Crippen LogP contribution in [0, 0.1) is 0 Å². The van der Waals surface area contributed by atoms with Crippen LogP contribution in [0.4, 0.5) is 0 Å². The molecule has 0 heterocycles. The minimum Gasteiger partial charge on any atom is -0.480 e. The molecule has 13 heavy (non-hydrogen) atoms. The molecule has 3 N–H and O–H groups in total. The second kappa shape index (κ2) is 6.82. The van der Waals surface area contributed by atoms with E-state index in [1.807, 2.05) is 0 Å². The standard InChI is InChI=1S/C8H17NO4/c1-12-7(13-2)5-3-4-6(9)8(10)11/h6-7H,3-5,9H2,1-2H3,(H,10,11)/t6-/m0/s1. The van der Waals surface area contributed by atoms with Crippen molar-refractivity contribution in [3.8, 4) is 0 Å². The minimum atomic E-state index is -0.966. The molecule has 0 spiro atoms. The van der Waals surface area contributed by atoms with Gasteiger partial charge in [-0.25, -0.2) is 0 Å². The van der Waals surface area contributed by atoms with Crippen molar-refractivity contribution in [2.24, 2.45) is 5.73 Å². The molecule has 0 aromatic heterocycles. The number of carboxylic acid groups (broad SMARTS) is 1. The van der Waals surface area contributed by atoms with Gasteiger partial charge >= 0.3 is 5.97 Å². The molecule has 0 aromatic carbocycles. The zero-order valence-electron chi connectivity index (χ0n) is 8.03. The van der Waals surface area contributed by atoms with Gasteiger partial charge < -0.3 is 20.3 Å². The van der Waals surface area contributed by atoms with Crippen LogP contribution in [0.15, 0.2) is 0 Å². The minimum absolute atomic E-state index is 0.263. The lowest BCUT2D eigenvalue weighted by atomic mass is 10.1. The van der Waals surface area contributed by atoms with Crippen LogP contribution in [-0.4, -0.2) is 37.6 Å².